The summed E-state index contributed by atoms with van der Waals surface area (Å²) in [5.41, 5.74) is 0.853. The number of rotatable bonds is 5. The van der Waals surface area contributed by atoms with Crippen LogP contribution in [-0.2, 0) is 9.39 Å². The average Bonchev–Trinajstić information content (AvgIpc) is 2.88. The zero-order chi connectivity index (χ0) is 14.7. The zero-order valence-electron chi connectivity index (χ0n) is 11.6. The quantitative estimate of drug-likeness (QED) is 0.460. The molecule has 3 rings (SSSR count). The molecule has 10 heteroatoms. The fourth-order valence-electron chi connectivity index (χ4n) is 2.38. The van der Waals surface area contributed by atoms with Crippen molar-refractivity contribution in [2.24, 2.45) is 0 Å². The fourth-order valence-corrected chi connectivity index (χ4v) is 2.38. The fraction of sp³-hybridized carbons (Fsp3) is 0.545. The van der Waals surface area contributed by atoms with E-state index in [0.717, 1.165) is 0 Å². The van der Waals surface area contributed by atoms with Crippen LogP contribution in [0.4, 0.5) is 5.82 Å². The summed E-state index contributed by atoms with van der Waals surface area (Å²) in [4.78, 5) is 27.2. The van der Waals surface area contributed by atoms with Gasteiger partial charge in [-0.2, -0.15) is 0 Å². The van der Waals surface area contributed by atoms with Gasteiger partial charge in [0.15, 0.2) is 11.5 Å². The number of nitrogens with one attached hydrogen (secondary N) is 3. The molecule has 0 aliphatic carbocycles. The largest absolute Gasteiger partial charge is 0.427 e. The van der Waals surface area contributed by atoms with E-state index in [0.29, 0.717) is 43.2 Å². The molecular formula is C11H16BN6O3. The van der Waals surface area contributed by atoms with E-state index in [1.54, 1.807) is 7.11 Å². The van der Waals surface area contributed by atoms with Gasteiger partial charge in [0.05, 0.1) is 12.7 Å². The molecule has 1 atom stereocenters. The van der Waals surface area contributed by atoms with E-state index in [1.165, 1.54) is 13.9 Å². The van der Waals surface area contributed by atoms with Gasteiger partial charge in [0.2, 0.25) is 0 Å². The molecule has 0 spiro atoms. The monoisotopic (exact) mass is 291 g/mol. The summed E-state index contributed by atoms with van der Waals surface area (Å²) >= 11 is 0. The maximum Gasteiger partial charge on any atom is 0.395 e. The van der Waals surface area contributed by atoms with Crippen LogP contribution in [0.3, 0.4) is 0 Å². The highest BCUT2D eigenvalue weighted by Gasteiger charge is 2.23. The summed E-state index contributed by atoms with van der Waals surface area (Å²) < 4.78 is 10.5. The Balaban J connectivity index is 1.77. The minimum atomic E-state index is -0.284. The molecule has 2 aromatic rings. The third kappa shape index (κ3) is 3.07. The summed E-state index contributed by atoms with van der Waals surface area (Å²) in [7, 11) is 3.11. The molecule has 9 nitrogen and oxygen atoms in total. The summed E-state index contributed by atoms with van der Waals surface area (Å²) in [6, 6.07) is 0. The molecule has 21 heavy (non-hydrogen) atoms. The van der Waals surface area contributed by atoms with Gasteiger partial charge in [0.1, 0.15) is 11.8 Å². The molecule has 1 saturated heterocycles. The van der Waals surface area contributed by atoms with Crippen molar-refractivity contribution in [1.29, 1.82) is 0 Å². The molecule has 1 unspecified atom stereocenters. The minimum absolute atomic E-state index is 0.0147. The summed E-state index contributed by atoms with van der Waals surface area (Å²) in [5.74, 6) is 0.711. The lowest BCUT2D eigenvalue weighted by atomic mass is 10.2. The third-order valence-electron chi connectivity index (χ3n) is 3.28. The number of aromatic nitrogens is 4. The van der Waals surface area contributed by atoms with Crippen molar-refractivity contribution in [3.8, 4) is 0 Å². The van der Waals surface area contributed by atoms with Gasteiger partial charge in [-0.25, -0.2) is 14.8 Å². The maximum atomic E-state index is 11.4. The second-order valence-corrected chi connectivity index (χ2v) is 4.70. The van der Waals surface area contributed by atoms with Crippen LogP contribution in [0.25, 0.3) is 11.2 Å². The van der Waals surface area contributed by atoms with Crippen LogP contribution in [0.15, 0.2) is 11.1 Å². The van der Waals surface area contributed by atoms with E-state index in [4.69, 9.17) is 9.39 Å². The number of nitrogens with zero attached hydrogens (tertiary/aromatic N) is 3. The molecular weight excluding hydrogens is 275 g/mol. The smallest absolute Gasteiger partial charge is 0.395 e. The molecule has 1 aliphatic heterocycles. The molecule has 3 heterocycles. The second kappa shape index (κ2) is 6.25. The Kier molecular flexibility index (Phi) is 4.18. The third-order valence-corrected chi connectivity index (χ3v) is 3.28. The molecule has 1 aliphatic rings. The van der Waals surface area contributed by atoms with Crippen molar-refractivity contribution in [1.82, 2.24) is 25.2 Å². The molecule has 1 fully saturated rings. The van der Waals surface area contributed by atoms with Gasteiger partial charge in [-0.3, -0.25) is 4.98 Å². The van der Waals surface area contributed by atoms with E-state index in [9.17, 15) is 4.79 Å². The Morgan fingerprint density at radius 2 is 2.48 bits per heavy atom. The Bertz CT molecular complexity index is 659. The van der Waals surface area contributed by atoms with Gasteiger partial charge in [-0.15, -0.1) is 0 Å². The summed E-state index contributed by atoms with van der Waals surface area (Å²) in [6.07, 6.45) is 1.46. The van der Waals surface area contributed by atoms with Crippen molar-refractivity contribution < 1.29 is 9.39 Å². The van der Waals surface area contributed by atoms with E-state index in [1.807, 2.05) is 0 Å². The Morgan fingerprint density at radius 1 is 1.57 bits per heavy atom. The first-order valence-corrected chi connectivity index (χ1v) is 6.65. The minimum Gasteiger partial charge on any atom is -0.427 e. The standard InChI is InChI=1S/C11H16BN6O3/c1-20-12-15-4-7-5-18(2-3-21-7)10-8-9(13-6-14-10)17-11(19)16-8/h6-7,15H,2-5H2,1H3,(H2,13,14,16,17,19). The van der Waals surface area contributed by atoms with Crippen LogP contribution >= 0.6 is 0 Å². The molecule has 3 N–H and O–H groups in total. The van der Waals surface area contributed by atoms with Crippen molar-refractivity contribution >= 4 is 24.6 Å². The first-order valence-electron chi connectivity index (χ1n) is 6.65. The van der Waals surface area contributed by atoms with E-state index < -0.39 is 0 Å². The number of hydrogen-bond acceptors (Lipinski definition) is 7. The number of ether oxygens (including phenoxy) is 1. The summed E-state index contributed by atoms with van der Waals surface area (Å²) in [6.45, 7) is 2.62. The number of morpholine rings is 1. The number of aromatic amines is 2. The number of anilines is 1. The molecule has 1 radical (unpaired) electrons. The lowest BCUT2D eigenvalue weighted by Gasteiger charge is -2.33. The first-order chi connectivity index (χ1) is 10.3. The van der Waals surface area contributed by atoms with Crippen LogP contribution in [0, 0.1) is 0 Å². The van der Waals surface area contributed by atoms with Crippen LogP contribution < -0.4 is 15.8 Å². The molecule has 0 amide bonds. The topological polar surface area (TPSA) is 108 Å². The normalized spacial score (nSPS) is 19.1. The molecule has 0 saturated carbocycles. The predicted molar refractivity (Wildman–Crippen MR) is 77.2 cm³/mol. The lowest BCUT2D eigenvalue weighted by molar-refractivity contribution is 0.0435. The Labute approximate surface area is 121 Å². The molecule has 2 aromatic heterocycles. The summed E-state index contributed by atoms with van der Waals surface area (Å²) in [5, 5.41) is 3.02. The molecule has 111 valence electrons. The first kappa shape index (κ1) is 14.0. The van der Waals surface area contributed by atoms with Crippen LogP contribution in [-0.4, -0.2) is 67.0 Å². The van der Waals surface area contributed by atoms with Gasteiger partial charge >= 0.3 is 13.3 Å². The van der Waals surface area contributed by atoms with Crippen LogP contribution in [0.1, 0.15) is 0 Å². The van der Waals surface area contributed by atoms with E-state index in [2.05, 4.69) is 30.1 Å². The Hall–Kier alpha value is -1.91. The number of fused-ring (bicyclic) bond motifs is 1. The predicted octanol–water partition coefficient (Wildman–Crippen LogP) is -1.38. The Morgan fingerprint density at radius 3 is 3.33 bits per heavy atom. The van der Waals surface area contributed by atoms with Crippen molar-refractivity contribution in [2.75, 3.05) is 38.3 Å². The highest BCUT2D eigenvalue weighted by molar-refractivity contribution is 6.23. The van der Waals surface area contributed by atoms with Gasteiger partial charge < -0.3 is 24.5 Å². The van der Waals surface area contributed by atoms with Crippen molar-refractivity contribution in [2.45, 2.75) is 6.10 Å². The van der Waals surface area contributed by atoms with Gasteiger partial charge in [0, 0.05) is 26.7 Å². The van der Waals surface area contributed by atoms with Crippen molar-refractivity contribution in [3.05, 3.63) is 16.8 Å². The average molecular weight is 291 g/mol. The van der Waals surface area contributed by atoms with Gasteiger partial charge in [-0.05, 0) is 0 Å². The molecule has 0 bridgehead atoms. The number of imidazole rings is 1. The van der Waals surface area contributed by atoms with Crippen molar-refractivity contribution in [3.63, 3.8) is 0 Å². The maximum absolute atomic E-state index is 11.4. The van der Waals surface area contributed by atoms with E-state index in [-0.39, 0.29) is 11.8 Å². The highest BCUT2D eigenvalue weighted by Crippen LogP contribution is 2.20. The number of hydrogen-bond donors (Lipinski definition) is 3. The zero-order valence-corrected chi connectivity index (χ0v) is 11.6. The lowest BCUT2D eigenvalue weighted by Crippen LogP contribution is -2.47. The number of H-pyrrole nitrogens is 2. The SMILES string of the molecule is CO[B]NCC1CN(c2ncnc3[nH]c(=O)[nH]c23)CCO1. The molecule has 0 aromatic carbocycles. The van der Waals surface area contributed by atoms with Crippen LogP contribution in [0.5, 0.6) is 0 Å². The van der Waals surface area contributed by atoms with Gasteiger partial charge in [0.25, 0.3) is 0 Å². The highest BCUT2D eigenvalue weighted by atomic mass is 16.5. The van der Waals surface area contributed by atoms with Gasteiger partial charge in [-0.1, -0.05) is 0 Å². The van der Waals surface area contributed by atoms with E-state index >= 15 is 0 Å². The second-order valence-electron chi connectivity index (χ2n) is 4.70. The van der Waals surface area contributed by atoms with Crippen LogP contribution in [0.2, 0.25) is 0 Å².